The van der Waals surface area contributed by atoms with Crippen molar-refractivity contribution >= 4 is 41.0 Å². The number of benzene rings is 2. The molecule has 0 aliphatic carbocycles. The lowest BCUT2D eigenvalue weighted by molar-refractivity contribution is -0.140. The van der Waals surface area contributed by atoms with Gasteiger partial charge < -0.3 is 20.7 Å². The van der Waals surface area contributed by atoms with Crippen LogP contribution in [0.4, 0.5) is 25.4 Å². The van der Waals surface area contributed by atoms with Crippen LogP contribution in [0.2, 0.25) is 5.02 Å². The molecular weight excluding hydrogens is 475 g/mol. The van der Waals surface area contributed by atoms with Gasteiger partial charge in [0.1, 0.15) is 5.82 Å². The monoisotopic (exact) mass is 502 g/mol. The number of esters is 1. The molecule has 0 saturated carbocycles. The van der Waals surface area contributed by atoms with Crippen molar-refractivity contribution in [1.82, 2.24) is 10.2 Å². The van der Waals surface area contributed by atoms with E-state index in [0.717, 1.165) is 6.07 Å². The van der Waals surface area contributed by atoms with Gasteiger partial charge in [-0.15, -0.1) is 0 Å². The minimum Gasteiger partial charge on any atom is -0.462 e. The summed E-state index contributed by atoms with van der Waals surface area (Å²) in [6.45, 7) is 8.11. The number of ether oxygens (including phenoxy) is 1. The molecule has 8 nitrogen and oxygen atoms in total. The highest BCUT2D eigenvalue weighted by Gasteiger charge is 2.36. The van der Waals surface area contributed by atoms with E-state index >= 15 is 0 Å². The average molecular weight is 503 g/mol. The molecule has 3 N–H and O–H groups in total. The molecule has 2 aromatic rings. The zero-order chi connectivity index (χ0) is 25.7. The number of hydrogen-bond donors (Lipinski definition) is 3. The van der Waals surface area contributed by atoms with Gasteiger partial charge in [0.2, 0.25) is 0 Å². The van der Waals surface area contributed by atoms with E-state index in [1.54, 1.807) is 31.2 Å². The summed E-state index contributed by atoms with van der Waals surface area (Å²) in [7, 11) is 0. The topological polar surface area (TPSA) is 99.8 Å². The number of rotatable bonds is 7. The van der Waals surface area contributed by atoms with Crippen LogP contribution in [0.25, 0.3) is 0 Å². The molecule has 2 aromatic carbocycles. The highest BCUT2D eigenvalue weighted by Crippen LogP contribution is 2.32. The molecule has 4 amide bonds. The molecule has 186 valence electrons. The molecule has 0 aromatic heterocycles. The average Bonchev–Trinajstić information content (AvgIpc) is 2.80. The zero-order valence-corrected chi connectivity index (χ0v) is 20.7. The van der Waals surface area contributed by atoms with Crippen LogP contribution in [-0.4, -0.2) is 36.1 Å². The largest absolute Gasteiger partial charge is 0.462 e. The number of anilines is 2. The van der Waals surface area contributed by atoms with Crippen molar-refractivity contribution in [3.8, 4) is 0 Å². The highest BCUT2D eigenvalue weighted by atomic mass is 35.5. The minimum atomic E-state index is -0.700. The summed E-state index contributed by atoms with van der Waals surface area (Å²) >= 11 is 5.74. The Hall–Kier alpha value is -3.59. The molecule has 1 atom stereocenters. The zero-order valence-electron chi connectivity index (χ0n) is 19.9. The smallest absolute Gasteiger partial charge is 0.338 e. The van der Waals surface area contributed by atoms with Gasteiger partial charge in [-0.1, -0.05) is 37.6 Å². The van der Waals surface area contributed by atoms with Crippen LogP contribution in [0.15, 0.2) is 53.7 Å². The SMILES string of the molecule is CCN1C(=O)NC(c2ccc(NC(=O)Nc3ccc(F)c(Cl)c3)cc2)C(C(=O)OCC(C)C)=C1C. The number of nitrogens with zero attached hydrogens (tertiary/aromatic N) is 1. The lowest BCUT2D eigenvalue weighted by Crippen LogP contribution is -2.47. The number of halogens is 2. The number of nitrogens with one attached hydrogen (secondary N) is 3. The highest BCUT2D eigenvalue weighted by molar-refractivity contribution is 6.31. The molecule has 1 aliphatic heterocycles. The van der Waals surface area contributed by atoms with E-state index in [-0.39, 0.29) is 23.6 Å². The first kappa shape index (κ1) is 26.0. The van der Waals surface area contributed by atoms with Crippen LogP contribution in [0, 0.1) is 11.7 Å². The first-order chi connectivity index (χ1) is 16.6. The Morgan fingerprint density at radius 1 is 1.14 bits per heavy atom. The molecule has 0 spiro atoms. The van der Waals surface area contributed by atoms with Gasteiger partial charge in [-0.2, -0.15) is 0 Å². The number of allylic oxidation sites excluding steroid dienone is 1. The summed E-state index contributed by atoms with van der Waals surface area (Å²) < 4.78 is 18.8. The van der Waals surface area contributed by atoms with Crippen LogP contribution >= 0.6 is 11.6 Å². The van der Waals surface area contributed by atoms with E-state index in [2.05, 4.69) is 16.0 Å². The second kappa shape index (κ2) is 11.2. The Balaban J connectivity index is 1.78. The Morgan fingerprint density at radius 3 is 2.37 bits per heavy atom. The van der Waals surface area contributed by atoms with Crippen molar-refractivity contribution < 1.29 is 23.5 Å². The first-order valence-corrected chi connectivity index (χ1v) is 11.6. The summed E-state index contributed by atoms with van der Waals surface area (Å²) in [6.07, 6.45) is 0. The number of carbonyl (C=O) groups is 3. The molecule has 35 heavy (non-hydrogen) atoms. The Kier molecular flexibility index (Phi) is 8.34. The van der Waals surface area contributed by atoms with Gasteiger partial charge in [-0.25, -0.2) is 18.8 Å². The summed E-state index contributed by atoms with van der Waals surface area (Å²) in [5.74, 6) is -0.901. The maximum absolute atomic E-state index is 13.3. The fraction of sp³-hybridized carbons (Fsp3) is 0.320. The van der Waals surface area contributed by atoms with Gasteiger partial charge in [0.15, 0.2) is 0 Å². The first-order valence-electron chi connectivity index (χ1n) is 11.2. The number of urea groups is 2. The fourth-order valence-corrected chi connectivity index (χ4v) is 3.80. The molecule has 0 radical (unpaired) electrons. The van der Waals surface area contributed by atoms with Crippen molar-refractivity contribution in [1.29, 1.82) is 0 Å². The maximum atomic E-state index is 13.3. The molecule has 1 heterocycles. The molecule has 10 heteroatoms. The molecule has 1 unspecified atom stereocenters. The summed E-state index contributed by atoms with van der Waals surface area (Å²) in [4.78, 5) is 39.3. The fourth-order valence-electron chi connectivity index (χ4n) is 3.62. The van der Waals surface area contributed by atoms with Gasteiger partial charge in [0.05, 0.1) is 23.2 Å². The number of hydrogen-bond acceptors (Lipinski definition) is 4. The number of carbonyl (C=O) groups excluding carboxylic acids is 3. The van der Waals surface area contributed by atoms with E-state index in [4.69, 9.17) is 16.3 Å². The van der Waals surface area contributed by atoms with E-state index in [1.165, 1.54) is 17.0 Å². The minimum absolute atomic E-state index is 0.102. The van der Waals surface area contributed by atoms with Gasteiger partial charge in [-0.05, 0) is 55.7 Å². The molecule has 0 fully saturated rings. The predicted octanol–water partition coefficient (Wildman–Crippen LogP) is 5.68. The van der Waals surface area contributed by atoms with Crippen molar-refractivity contribution in [3.05, 3.63) is 70.1 Å². The van der Waals surface area contributed by atoms with E-state index in [9.17, 15) is 18.8 Å². The van der Waals surface area contributed by atoms with Gasteiger partial charge in [0.25, 0.3) is 0 Å². The van der Waals surface area contributed by atoms with Crippen molar-refractivity contribution in [2.24, 2.45) is 5.92 Å². The van der Waals surface area contributed by atoms with Gasteiger partial charge in [0, 0.05) is 23.6 Å². The summed E-state index contributed by atoms with van der Waals surface area (Å²) in [5.41, 5.74) is 2.36. The van der Waals surface area contributed by atoms with Crippen molar-refractivity contribution in [2.45, 2.75) is 33.7 Å². The summed E-state index contributed by atoms with van der Waals surface area (Å²) in [5, 5.41) is 8.01. The third kappa shape index (κ3) is 6.30. The second-order valence-corrected chi connectivity index (χ2v) is 8.86. The third-order valence-corrected chi connectivity index (χ3v) is 5.65. The quantitative estimate of drug-likeness (QED) is 0.424. The van der Waals surface area contributed by atoms with E-state index in [1.807, 2.05) is 20.8 Å². The number of amides is 4. The van der Waals surface area contributed by atoms with Crippen molar-refractivity contribution in [3.63, 3.8) is 0 Å². The van der Waals surface area contributed by atoms with Gasteiger partial charge in [-0.3, -0.25) is 4.90 Å². The van der Waals surface area contributed by atoms with Crippen LogP contribution in [-0.2, 0) is 9.53 Å². The standard InChI is InChI=1S/C25H28ClFN4O4/c1-5-31-15(4)21(23(32)35-13-14(2)3)22(30-25(31)34)16-6-8-17(9-7-16)28-24(33)29-18-10-11-20(27)19(26)12-18/h6-12,14,22H,5,13H2,1-4H3,(H,30,34)(H2,28,29,33). The Bertz CT molecular complexity index is 1150. The van der Waals surface area contributed by atoms with Crippen molar-refractivity contribution in [2.75, 3.05) is 23.8 Å². The predicted molar refractivity (Wildman–Crippen MR) is 133 cm³/mol. The van der Waals surface area contributed by atoms with Crippen LogP contribution in [0.1, 0.15) is 39.3 Å². The lowest BCUT2D eigenvalue weighted by Gasteiger charge is -2.35. The molecule has 3 rings (SSSR count). The lowest BCUT2D eigenvalue weighted by atomic mass is 9.94. The third-order valence-electron chi connectivity index (χ3n) is 5.36. The molecule has 0 bridgehead atoms. The maximum Gasteiger partial charge on any atom is 0.338 e. The van der Waals surface area contributed by atoms with Gasteiger partial charge >= 0.3 is 18.0 Å². The van der Waals surface area contributed by atoms with Crippen LogP contribution in [0.5, 0.6) is 0 Å². The van der Waals surface area contributed by atoms with E-state index in [0.29, 0.717) is 34.8 Å². The summed E-state index contributed by atoms with van der Waals surface area (Å²) in [6, 6.07) is 9.02. The molecule has 0 saturated heterocycles. The van der Waals surface area contributed by atoms with E-state index < -0.39 is 23.9 Å². The Labute approximate surface area is 208 Å². The van der Waals surface area contributed by atoms with Crippen LogP contribution < -0.4 is 16.0 Å². The molecular formula is C25H28ClFN4O4. The Morgan fingerprint density at radius 2 is 1.77 bits per heavy atom. The molecule has 1 aliphatic rings. The normalized spacial score (nSPS) is 15.7. The second-order valence-electron chi connectivity index (χ2n) is 8.45. The van der Waals surface area contributed by atoms with Crippen LogP contribution in [0.3, 0.4) is 0 Å².